The Hall–Kier alpha value is -1.85. The number of β-amino-alcohol motifs (C(OH)–C–C–N with tert-alkyl or cyclic N) is 1. The van der Waals surface area contributed by atoms with Gasteiger partial charge in [-0.2, -0.15) is 5.10 Å². The minimum atomic E-state index is -0.576. The van der Waals surface area contributed by atoms with Crippen LogP contribution < -0.4 is 4.90 Å². The largest absolute Gasteiger partial charge is 0.391 e. The molecule has 21 heavy (non-hydrogen) atoms. The van der Waals surface area contributed by atoms with E-state index in [1.165, 1.54) is 0 Å². The number of amides is 1. The second kappa shape index (κ2) is 5.16. The molecule has 1 unspecified atom stereocenters. The zero-order valence-electron chi connectivity index (χ0n) is 11.9. The number of fused-ring (bicyclic) bond motifs is 1. The van der Waals surface area contributed by atoms with Gasteiger partial charge in [0.05, 0.1) is 23.4 Å². The maximum Gasteiger partial charge on any atom is 0.280 e. The van der Waals surface area contributed by atoms with Gasteiger partial charge >= 0.3 is 0 Å². The number of rotatable bonds is 1. The maximum absolute atomic E-state index is 12.7. The second-order valence-electron chi connectivity index (χ2n) is 5.27. The molecular weight excluding hydrogens is 290 g/mol. The summed E-state index contributed by atoms with van der Waals surface area (Å²) >= 11 is 6.20. The van der Waals surface area contributed by atoms with Crippen LogP contribution in [-0.2, 0) is 13.5 Å². The molecule has 1 aliphatic rings. The first-order valence-corrected chi connectivity index (χ1v) is 7.13. The lowest BCUT2D eigenvalue weighted by atomic mass is 9.99. The molecule has 1 aromatic heterocycles. The Balaban J connectivity index is 2.04. The monoisotopic (exact) mass is 305 g/mol. The molecule has 5 nitrogen and oxygen atoms in total. The van der Waals surface area contributed by atoms with E-state index in [2.05, 4.69) is 5.10 Å². The number of aliphatic hydroxyl groups is 1. The Morgan fingerprint density at radius 1 is 1.43 bits per heavy atom. The van der Waals surface area contributed by atoms with E-state index in [9.17, 15) is 9.90 Å². The van der Waals surface area contributed by atoms with Gasteiger partial charge in [0.15, 0.2) is 5.69 Å². The number of aliphatic hydroxyl groups excluding tert-OH is 1. The smallest absolute Gasteiger partial charge is 0.280 e. The predicted molar refractivity (Wildman–Crippen MR) is 80.8 cm³/mol. The van der Waals surface area contributed by atoms with E-state index in [1.54, 1.807) is 16.6 Å². The number of anilines is 1. The van der Waals surface area contributed by atoms with Crippen molar-refractivity contribution in [2.24, 2.45) is 7.05 Å². The van der Waals surface area contributed by atoms with E-state index in [0.29, 0.717) is 11.4 Å². The van der Waals surface area contributed by atoms with Crippen LogP contribution in [0, 0.1) is 6.92 Å². The topological polar surface area (TPSA) is 58.4 Å². The number of para-hydroxylation sites is 1. The molecule has 0 saturated carbocycles. The lowest BCUT2D eigenvalue weighted by Gasteiger charge is -2.32. The number of hydrogen-bond donors (Lipinski definition) is 1. The molecule has 1 aliphatic heterocycles. The zero-order chi connectivity index (χ0) is 15.1. The Labute approximate surface area is 127 Å². The number of aromatic nitrogens is 2. The minimum Gasteiger partial charge on any atom is -0.391 e. The van der Waals surface area contributed by atoms with E-state index in [0.717, 1.165) is 16.9 Å². The number of carbonyl (C=O) groups excluding carboxylic acids is 1. The van der Waals surface area contributed by atoms with Gasteiger partial charge in [-0.3, -0.25) is 9.48 Å². The van der Waals surface area contributed by atoms with E-state index in [1.807, 2.05) is 31.2 Å². The molecular formula is C15H16ClN3O2. The number of nitrogens with zero attached hydrogens (tertiary/aromatic N) is 3. The summed E-state index contributed by atoms with van der Waals surface area (Å²) in [5.41, 5.74) is 2.73. The summed E-state index contributed by atoms with van der Waals surface area (Å²) in [5, 5.41) is 14.6. The highest BCUT2D eigenvalue weighted by Gasteiger charge is 2.31. The lowest BCUT2D eigenvalue weighted by molar-refractivity contribution is 0.0949. The second-order valence-corrected chi connectivity index (χ2v) is 5.65. The predicted octanol–water partition coefficient (Wildman–Crippen LogP) is 1.95. The van der Waals surface area contributed by atoms with Gasteiger partial charge in [-0.1, -0.05) is 29.8 Å². The standard InChI is InChI=1S/C15H16ClN3O2/c1-9-13(16)14(17-18(9)2)15(21)19-8-11(20)7-10-5-3-4-6-12(10)19/h3-6,11,20H,7-8H2,1-2H3. The van der Waals surface area contributed by atoms with Crippen LogP contribution in [0.25, 0.3) is 0 Å². The van der Waals surface area contributed by atoms with Crippen molar-refractivity contribution in [3.8, 4) is 0 Å². The van der Waals surface area contributed by atoms with Crippen molar-refractivity contribution in [1.29, 1.82) is 0 Å². The molecule has 0 radical (unpaired) electrons. The molecule has 6 heteroatoms. The lowest BCUT2D eigenvalue weighted by Crippen LogP contribution is -2.42. The normalized spacial score (nSPS) is 17.7. The van der Waals surface area contributed by atoms with Crippen molar-refractivity contribution in [3.05, 3.63) is 46.2 Å². The summed E-state index contributed by atoms with van der Waals surface area (Å²) in [6.45, 7) is 2.06. The molecule has 0 fully saturated rings. The summed E-state index contributed by atoms with van der Waals surface area (Å²) in [7, 11) is 1.75. The van der Waals surface area contributed by atoms with Crippen LogP contribution in [0.5, 0.6) is 0 Å². The molecule has 1 N–H and O–H groups in total. The fraction of sp³-hybridized carbons (Fsp3) is 0.333. The van der Waals surface area contributed by atoms with Crippen LogP contribution in [-0.4, -0.2) is 33.4 Å². The molecule has 3 rings (SSSR count). The van der Waals surface area contributed by atoms with Crippen molar-refractivity contribution >= 4 is 23.2 Å². The van der Waals surface area contributed by atoms with Crippen molar-refractivity contribution in [1.82, 2.24) is 9.78 Å². The molecule has 1 atom stereocenters. The highest BCUT2D eigenvalue weighted by molar-refractivity contribution is 6.34. The Morgan fingerprint density at radius 3 is 2.81 bits per heavy atom. The average molecular weight is 306 g/mol. The first kappa shape index (κ1) is 14.1. The third-order valence-electron chi connectivity index (χ3n) is 3.84. The fourth-order valence-corrected chi connectivity index (χ4v) is 2.85. The van der Waals surface area contributed by atoms with Gasteiger partial charge < -0.3 is 10.0 Å². The summed E-state index contributed by atoms with van der Waals surface area (Å²) in [4.78, 5) is 14.3. The Bertz CT molecular complexity index is 711. The fourth-order valence-electron chi connectivity index (χ4n) is 2.61. The first-order chi connectivity index (χ1) is 9.99. The van der Waals surface area contributed by atoms with Crippen LogP contribution in [0.2, 0.25) is 5.02 Å². The Morgan fingerprint density at radius 2 is 2.14 bits per heavy atom. The van der Waals surface area contributed by atoms with Crippen molar-refractivity contribution in [3.63, 3.8) is 0 Å². The molecule has 2 heterocycles. The van der Waals surface area contributed by atoms with Crippen molar-refractivity contribution < 1.29 is 9.90 Å². The molecule has 0 bridgehead atoms. The van der Waals surface area contributed by atoms with Gasteiger partial charge in [0, 0.05) is 19.2 Å². The number of benzene rings is 1. The van der Waals surface area contributed by atoms with Gasteiger partial charge in [-0.05, 0) is 18.6 Å². The molecule has 0 aliphatic carbocycles. The highest BCUT2D eigenvalue weighted by atomic mass is 35.5. The quantitative estimate of drug-likeness (QED) is 0.876. The van der Waals surface area contributed by atoms with E-state index in [4.69, 9.17) is 11.6 Å². The zero-order valence-corrected chi connectivity index (χ0v) is 12.6. The van der Waals surface area contributed by atoms with Gasteiger partial charge in [0.1, 0.15) is 0 Å². The molecule has 110 valence electrons. The first-order valence-electron chi connectivity index (χ1n) is 6.76. The van der Waals surface area contributed by atoms with Crippen LogP contribution in [0.15, 0.2) is 24.3 Å². The molecule has 2 aromatic rings. The number of carbonyl (C=O) groups is 1. The van der Waals surface area contributed by atoms with Crippen LogP contribution in [0.1, 0.15) is 21.7 Å². The van der Waals surface area contributed by atoms with Crippen molar-refractivity contribution in [2.75, 3.05) is 11.4 Å². The van der Waals surface area contributed by atoms with Crippen LogP contribution >= 0.6 is 11.6 Å². The SMILES string of the molecule is Cc1c(Cl)c(C(=O)N2CC(O)Cc3ccccc32)nn1C. The summed E-state index contributed by atoms with van der Waals surface area (Å²) < 4.78 is 1.59. The minimum absolute atomic E-state index is 0.223. The summed E-state index contributed by atoms with van der Waals surface area (Å²) in [5.74, 6) is -0.282. The number of aryl methyl sites for hydroxylation is 1. The Kier molecular flexibility index (Phi) is 3.47. The third kappa shape index (κ3) is 2.32. The van der Waals surface area contributed by atoms with Gasteiger partial charge in [0.25, 0.3) is 5.91 Å². The van der Waals surface area contributed by atoms with Crippen LogP contribution in [0.3, 0.4) is 0 Å². The highest BCUT2D eigenvalue weighted by Crippen LogP contribution is 2.30. The van der Waals surface area contributed by atoms with Gasteiger partial charge in [-0.25, -0.2) is 0 Å². The van der Waals surface area contributed by atoms with Crippen molar-refractivity contribution in [2.45, 2.75) is 19.4 Å². The van der Waals surface area contributed by atoms with Gasteiger partial charge in [0.2, 0.25) is 0 Å². The van der Waals surface area contributed by atoms with Gasteiger partial charge in [-0.15, -0.1) is 0 Å². The van der Waals surface area contributed by atoms with E-state index < -0.39 is 6.10 Å². The third-order valence-corrected chi connectivity index (χ3v) is 4.29. The maximum atomic E-state index is 12.7. The summed E-state index contributed by atoms with van der Waals surface area (Å²) in [6, 6.07) is 7.58. The van der Waals surface area contributed by atoms with E-state index in [-0.39, 0.29) is 18.1 Å². The summed E-state index contributed by atoms with van der Waals surface area (Å²) in [6.07, 6.45) is -0.0259. The van der Waals surface area contributed by atoms with E-state index >= 15 is 0 Å². The number of hydrogen-bond acceptors (Lipinski definition) is 3. The van der Waals surface area contributed by atoms with Crippen LogP contribution in [0.4, 0.5) is 5.69 Å². The molecule has 1 amide bonds. The average Bonchev–Trinajstić information content (AvgIpc) is 2.73. The number of halogens is 1. The molecule has 0 spiro atoms. The molecule has 1 aromatic carbocycles. The molecule has 0 saturated heterocycles.